The second kappa shape index (κ2) is 10.6. The van der Waals surface area contributed by atoms with E-state index >= 15 is 0 Å². The number of rotatable bonds is 5. The summed E-state index contributed by atoms with van der Waals surface area (Å²) >= 11 is 0. The number of phenols is 1. The molecule has 5 rings (SSSR count). The predicted octanol–water partition coefficient (Wildman–Crippen LogP) is 6.57. The van der Waals surface area contributed by atoms with Crippen LogP contribution < -0.4 is 0 Å². The minimum absolute atomic E-state index is 0.0666. The number of aromatic hydroxyl groups is 1. The summed E-state index contributed by atoms with van der Waals surface area (Å²) in [5.41, 5.74) is 7.06. The average Bonchev–Trinajstić information content (AvgIpc) is 3.22. The number of phenolic OH excluding ortho intramolecular Hbond substituents is 1. The number of hydrogen-bond acceptors (Lipinski definition) is 3. The molecule has 0 saturated carbocycles. The van der Waals surface area contributed by atoms with Crippen LogP contribution in [-0.2, 0) is 23.0 Å². The number of benzene rings is 4. The van der Waals surface area contributed by atoms with Crippen LogP contribution in [0.5, 0.6) is 5.75 Å². The Morgan fingerprint density at radius 2 is 1.37 bits per heavy atom. The molecule has 178 valence electrons. The highest BCUT2D eigenvalue weighted by molar-refractivity contribution is 7.85. The molecule has 0 fully saturated rings. The summed E-state index contributed by atoms with van der Waals surface area (Å²) in [6.45, 7) is 1.84. The van der Waals surface area contributed by atoms with Crippen molar-refractivity contribution in [2.24, 2.45) is 0 Å². The van der Waals surface area contributed by atoms with Gasteiger partial charge in [-0.15, -0.1) is 0 Å². The zero-order chi connectivity index (χ0) is 24.8. The zero-order valence-electron chi connectivity index (χ0n) is 19.3. The number of aromatic nitrogens is 1. The lowest BCUT2D eigenvalue weighted by atomic mass is 9.98. The van der Waals surface area contributed by atoms with Crippen LogP contribution in [-0.4, -0.2) is 23.1 Å². The standard InChI is InChI=1S/C22H19NO.C7H8O3S/c24-18-13-11-17(12-14-18)22-19-8-4-5-9-20(19)23-21(22)15-10-16-6-2-1-3-7-16;1-6-2-4-7(5-3-6)11(8,9)10/h1-9,11-14,23-24H,10,15H2;2-5H,1H3,(H,8,9,10). The third-order valence-electron chi connectivity index (χ3n) is 5.77. The van der Waals surface area contributed by atoms with Gasteiger partial charge in [0.25, 0.3) is 10.1 Å². The minimum atomic E-state index is -4.02. The van der Waals surface area contributed by atoms with Crippen LogP contribution >= 0.6 is 0 Å². The van der Waals surface area contributed by atoms with Crippen LogP contribution in [0.3, 0.4) is 0 Å². The zero-order valence-corrected chi connectivity index (χ0v) is 20.2. The quantitative estimate of drug-likeness (QED) is 0.246. The Hall–Kier alpha value is -3.87. The van der Waals surface area contributed by atoms with E-state index in [1.54, 1.807) is 24.3 Å². The largest absolute Gasteiger partial charge is 0.508 e. The third kappa shape index (κ3) is 6.18. The first kappa shape index (κ1) is 24.3. The Morgan fingerprint density at radius 1 is 0.743 bits per heavy atom. The first-order chi connectivity index (χ1) is 16.8. The van der Waals surface area contributed by atoms with Gasteiger partial charge in [0.2, 0.25) is 0 Å². The van der Waals surface area contributed by atoms with E-state index in [2.05, 4.69) is 53.5 Å². The Bertz CT molecular complexity index is 1510. The van der Waals surface area contributed by atoms with E-state index in [1.165, 1.54) is 34.3 Å². The van der Waals surface area contributed by atoms with Crippen molar-refractivity contribution in [3.05, 3.63) is 120 Å². The Morgan fingerprint density at radius 3 is 2.03 bits per heavy atom. The molecule has 1 heterocycles. The van der Waals surface area contributed by atoms with Crippen LogP contribution in [0.1, 0.15) is 16.8 Å². The minimum Gasteiger partial charge on any atom is -0.508 e. The van der Waals surface area contributed by atoms with E-state index in [-0.39, 0.29) is 4.90 Å². The highest BCUT2D eigenvalue weighted by Gasteiger charge is 2.13. The fourth-order valence-corrected chi connectivity index (χ4v) is 4.45. The van der Waals surface area contributed by atoms with Crippen molar-refractivity contribution in [2.45, 2.75) is 24.7 Å². The summed E-state index contributed by atoms with van der Waals surface area (Å²) in [5.74, 6) is 0.296. The monoisotopic (exact) mass is 485 g/mol. The topological polar surface area (TPSA) is 90.4 Å². The van der Waals surface area contributed by atoms with E-state index < -0.39 is 10.1 Å². The van der Waals surface area contributed by atoms with Crippen molar-refractivity contribution >= 4 is 21.0 Å². The maximum atomic E-state index is 10.5. The lowest BCUT2D eigenvalue weighted by Gasteiger charge is -2.06. The highest BCUT2D eigenvalue weighted by Crippen LogP contribution is 2.34. The molecule has 1 aromatic heterocycles. The van der Waals surface area contributed by atoms with Crippen LogP contribution in [0, 0.1) is 6.92 Å². The van der Waals surface area contributed by atoms with Crippen LogP contribution in [0.2, 0.25) is 0 Å². The van der Waals surface area contributed by atoms with Crippen molar-refractivity contribution in [2.75, 3.05) is 0 Å². The van der Waals surface area contributed by atoms with E-state index in [0.717, 1.165) is 29.5 Å². The maximum Gasteiger partial charge on any atom is 0.294 e. The van der Waals surface area contributed by atoms with Gasteiger partial charge in [-0.1, -0.05) is 78.4 Å². The molecule has 0 aliphatic heterocycles. The summed E-state index contributed by atoms with van der Waals surface area (Å²) in [4.78, 5) is 3.52. The normalized spacial score (nSPS) is 11.1. The van der Waals surface area contributed by atoms with Gasteiger partial charge >= 0.3 is 0 Å². The van der Waals surface area contributed by atoms with Gasteiger partial charge in [0, 0.05) is 22.2 Å². The van der Waals surface area contributed by atoms with Gasteiger partial charge in [-0.25, -0.2) is 0 Å². The van der Waals surface area contributed by atoms with E-state index in [4.69, 9.17) is 4.55 Å². The molecule has 5 aromatic rings. The fourth-order valence-electron chi connectivity index (χ4n) is 3.97. The molecule has 0 bridgehead atoms. The van der Waals surface area contributed by atoms with Gasteiger partial charge in [0.1, 0.15) is 5.75 Å². The molecule has 0 aliphatic carbocycles. The molecule has 0 unspecified atom stereocenters. The van der Waals surface area contributed by atoms with Crippen molar-refractivity contribution < 1.29 is 18.1 Å². The summed E-state index contributed by atoms with van der Waals surface area (Å²) in [7, 11) is -4.02. The Balaban J connectivity index is 0.000000221. The van der Waals surface area contributed by atoms with Crippen molar-refractivity contribution in [3.63, 3.8) is 0 Å². The van der Waals surface area contributed by atoms with Crippen molar-refractivity contribution in [3.8, 4) is 16.9 Å². The van der Waals surface area contributed by atoms with Gasteiger partial charge in [0.05, 0.1) is 4.90 Å². The molecule has 0 spiro atoms. The number of fused-ring (bicyclic) bond motifs is 1. The number of para-hydroxylation sites is 1. The summed E-state index contributed by atoms with van der Waals surface area (Å²) in [5, 5.41) is 10.8. The molecule has 0 saturated heterocycles. The van der Waals surface area contributed by atoms with Crippen LogP contribution in [0.25, 0.3) is 22.0 Å². The molecule has 0 aliphatic rings. The Labute approximate surface area is 205 Å². The predicted molar refractivity (Wildman–Crippen MR) is 140 cm³/mol. The summed E-state index contributed by atoms with van der Waals surface area (Å²) < 4.78 is 29.6. The second-order valence-corrected chi connectivity index (χ2v) is 9.77. The lowest BCUT2D eigenvalue weighted by molar-refractivity contribution is 0.475. The second-order valence-electron chi connectivity index (χ2n) is 8.34. The van der Waals surface area contributed by atoms with E-state index in [9.17, 15) is 13.5 Å². The van der Waals surface area contributed by atoms with Crippen molar-refractivity contribution in [1.82, 2.24) is 4.98 Å². The number of aromatic amines is 1. The van der Waals surface area contributed by atoms with E-state index in [0.29, 0.717) is 5.75 Å². The van der Waals surface area contributed by atoms with Gasteiger partial charge in [-0.2, -0.15) is 8.42 Å². The highest BCUT2D eigenvalue weighted by atomic mass is 32.2. The molecule has 6 heteroatoms. The molecule has 0 atom stereocenters. The van der Waals surface area contributed by atoms with Gasteiger partial charge < -0.3 is 10.1 Å². The van der Waals surface area contributed by atoms with Crippen LogP contribution in [0.4, 0.5) is 0 Å². The van der Waals surface area contributed by atoms with Gasteiger partial charge in [-0.3, -0.25) is 4.55 Å². The van der Waals surface area contributed by atoms with Crippen LogP contribution in [0.15, 0.2) is 108 Å². The fraction of sp³-hybridized carbons (Fsp3) is 0.103. The summed E-state index contributed by atoms with van der Waals surface area (Å²) in [6.07, 6.45) is 1.95. The van der Waals surface area contributed by atoms with E-state index in [1.807, 2.05) is 25.1 Å². The molecule has 35 heavy (non-hydrogen) atoms. The van der Waals surface area contributed by atoms with Gasteiger partial charge in [0.15, 0.2) is 0 Å². The lowest BCUT2D eigenvalue weighted by Crippen LogP contribution is -1.96. The molecular formula is C29H27NO4S. The maximum absolute atomic E-state index is 10.5. The SMILES string of the molecule is Cc1ccc(S(=O)(=O)O)cc1.Oc1ccc(-c2c(CCc3ccccc3)[nH]c3ccccc23)cc1. The number of hydrogen-bond donors (Lipinski definition) is 3. The number of H-pyrrole nitrogens is 1. The molecule has 0 radical (unpaired) electrons. The third-order valence-corrected chi connectivity index (χ3v) is 6.63. The van der Waals surface area contributed by atoms with Crippen molar-refractivity contribution in [1.29, 1.82) is 0 Å². The molecule has 4 aromatic carbocycles. The molecule has 0 amide bonds. The smallest absolute Gasteiger partial charge is 0.294 e. The summed E-state index contributed by atoms with van der Waals surface area (Å²) in [6, 6.07) is 32.4. The van der Waals surface area contributed by atoms with Gasteiger partial charge in [-0.05, 0) is 61.2 Å². The first-order valence-electron chi connectivity index (χ1n) is 11.3. The molecular weight excluding hydrogens is 458 g/mol. The molecule has 3 N–H and O–H groups in total. The number of nitrogens with one attached hydrogen (secondary N) is 1. The first-order valence-corrected chi connectivity index (χ1v) is 12.7. The Kier molecular flexibility index (Phi) is 7.34. The number of aryl methyl sites for hydroxylation is 3. The average molecular weight is 486 g/mol. The molecule has 5 nitrogen and oxygen atoms in total.